The summed E-state index contributed by atoms with van der Waals surface area (Å²) in [5.41, 5.74) is 1.56. The van der Waals surface area contributed by atoms with E-state index in [-0.39, 0.29) is 10.8 Å². The maximum Gasteiger partial charge on any atom is 0.253 e. The lowest BCUT2D eigenvalue weighted by Crippen LogP contribution is -1.97. The van der Waals surface area contributed by atoms with Gasteiger partial charge in [-0.05, 0) is 12.1 Å². The highest BCUT2D eigenvalue weighted by atomic mass is 33.1. The second-order valence-corrected chi connectivity index (χ2v) is 5.77. The van der Waals surface area contributed by atoms with Gasteiger partial charge in [0.05, 0.1) is 11.0 Å². The number of benzene rings is 1. The van der Waals surface area contributed by atoms with Gasteiger partial charge in [-0.25, -0.2) is 14.2 Å². The van der Waals surface area contributed by atoms with Crippen LogP contribution in [0.4, 0.5) is 0 Å². The Morgan fingerprint density at radius 1 is 1.13 bits per heavy atom. The number of hydrogen-bond acceptors (Lipinski definition) is 5. The molecule has 0 fully saturated rings. The van der Waals surface area contributed by atoms with Crippen LogP contribution in [-0.2, 0) is 9.83 Å². The predicted molar refractivity (Wildman–Crippen MR) is 57.9 cm³/mol. The normalized spacial score (nSPS) is 19.5. The lowest BCUT2D eigenvalue weighted by molar-refractivity contribution is 0.108. The monoisotopic (exact) mass is 236 g/mol. The first-order valence-electron chi connectivity index (χ1n) is 4.17. The minimum atomic E-state index is -1.39. The minimum Gasteiger partial charge on any atom is -0.279 e. The highest BCUT2D eigenvalue weighted by molar-refractivity contribution is 8.76. The van der Waals surface area contributed by atoms with Gasteiger partial charge in [-0.1, -0.05) is 12.1 Å². The molecule has 0 saturated carbocycles. The summed E-state index contributed by atoms with van der Waals surface area (Å²) in [5, 5.41) is 0.0327. The highest BCUT2D eigenvalue weighted by Gasteiger charge is 2.31. The summed E-state index contributed by atoms with van der Waals surface area (Å²) in [6.07, 6.45) is 0. The van der Waals surface area contributed by atoms with Gasteiger partial charge in [0.2, 0.25) is 0 Å². The van der Waals surface area contributed by atoms with Gasteiger partial charge in [0, 0.05) is 10.8 Å². The van der Waals surface area contributed by atoms with E-state index in [2.05, 4.69) is 9.97 Å². The molecule has 1 aliphatic rings. The van der Waals surface area contributed by atoms with Crippen LogP contribution in [0.1, 0.15) is 10.5 Å². The molecule has 0 aliphatic carbocycles. The number of rotatable bonds is 0. The lowest BCUT2D eigenvalue weighted by Gasteiger charge is -1.97. The Morgan fingerprint density at radius 3 is 2.53 bits per heavy atom. The predicted octanol–water partition coefficient (Wildman–Crippen LogP) is 1.54. The fourth-order valence-electron chi connectivity index (χ4n) is 1.38. The first-order chi connectivity index (χ1) is 7.25. The summed E-state index contributed by atoms with van der Waals surface area (Å²) in [4.78, 5) is 19.7. The van der Waals surface area contributed by atoms with Crippen LogP contribution >= 0.6 is 10.8 Å². The van der Waals surface area contributed by atoms with Crippen LogP contribution < -0.4 is 0 Å². The van der Waals surface area contributed by atoms with Gasteiger partial charge >= 0.3 is 0 Å². The van der Waals surface area contributed by atoms with Crippen LogP contribution in [-0.4, -0.2) is 19.3 Å². The van der Waals surface area contributed by atoms with Crippen LogP contribution in [0, 0.1) is 0 Å². The SMILES string of the molecule is O=C1SS(=O)c2nc3ccccc3nc21. The van der Waals surface area contributed by atoms with Crippen molar-refractivity contribution in [2.24, 2.45) is 0 Å². The number of nitrogens with zero attached hydrogens (tertiary/aromatic N) is 2. The summed E-state index contributed by atoms with van der Waals surface area (Å²) in [7, 11) is -0.622. The molecule has 2 aromatic rings. The Hall–Kier alpha value is -1.27. The molecule has 0 bridgehead atoms. The van der Waals surface area contributed by atoms with Crippen molar-refractivity contribution in [3.05, 3.63) is 30.0 Å². The molecule has 1 aromatic carbocycles. The molecule has 1 atom stereocenters. The average molecular weight is 236 g/mol. The van der Waals surface area contributed by atoms with Crippen molar-refractivity contribution in [2.75, 3.05) is 0 Å². The molecule has 6 heteroatoms. The van der Waals surface area contributed by atoms with Gasteiger partial charge in [-0.2, -0.15) is 0 Å². The van der Waals surface area contributed by atoms with Gasteiger partial charge < -0.3 is 0 Å². The number of fused-ring (bicyclic) bond motifs is 2. The molecule has 0 radical (unpaired) electrons. The summed E-state index contributed by atoms with van der Waals surface area (Å²) >= 11 is 0. The molecule has 15 heavy (non-hydrogen) atoms. The quantitative estimate of drug-likeness (QED) is 0.649. The van der Waals surface area contributed by atoms with E-state index in [1.165, 1.54) is 0 Å². The van der Waals surface area contributed by atoms with Crippen molar-refractivity contribution in [2.45, 2.75) is 5.03 Å². The van der Waals surface area contributed by atoms with E-state index in [9.17, 15) is 9.00 Å². The maximum absolute atomic E-state index is 11.5. The van der Waals surface area contributed by atoms with Gasteiger partial charge in [0.1, 0.15) is 9.83 Å². The fraction of sp³-hybridized carbons (Fsp3) is 0. The maximum atomic E-state index is 11.5. The fourth-order valence-corrected chi connectivity index (χ4v) is 3.59. The third-order valence-electron chi connectivity index (χ3n) is 2.04. The summed E-state index contributed by atoms with van der Waals surface area (Å²) in [5.74, 6) is 0. The summed E-state index contributed by atoms with van der Waals surface area (Å²) < 4.78 is 11.5. The van der Waals surface area contributed by atoms with Crippen molar-refractivity contribution >= 4 is 36.8 Å². The Bertz CT molecular complexity index is 560. The van der Waals surface area contributed by atoms with E-state index in [0.29, 0.717) is 16.1 Å². The van der Waals surface area contributed by atoms with E-state index in [1.54, 1.807) is 12.1 Å². The van der Waals surface area contributed by atoms with Gasteiger partial charge in [-0.15, -0.1) is 0 Å². The third-order valence-corrected chi connectivity index (χ3v) is 4.52. The van der Waals surface area contributed by atoms with E-state index < -0.39 is 9.83 Å². The van der Waals surface area contributed by atoms with Crippen LogP contribution in [0.3, 0.4) is 0 Å². The smallest absolute Gasteiger partial charge is 0.253 e. The van der Waals surface area contributed by atoms with E-state index in [4.69, 9.17) is 0 Å². The Morgan fingerprint density at radius 2 is 1.80 bits per heavy atom. The topological polar surface area (TPSA) is 59.9 Å². The first kappa shape index (κ1) is 8.99. The Labute approximate surface area is 91.0 Å². The molecule has 0 saturated heterocycles. The second-order valence-electron chi connectivity index (χ2n) is 2.97. The number of para-hydroxylation sites is 2. The van der Waals surface area contributed by atoms with Crippen LogP contribution in [0.2, 0.25) is 0 Å². The van der Waals surface area contributed by atoms with Crippen molar-refractivity contribution in [3.63, 3.8) is 0 Å². The standard InChI is InChI=1S/C9H4N2O2S2/c12-9-7-8(15(13)14-9)11-6-4-2-1-3-5(6)10-7/h1-4H. The van der Waals surface area contributed by atoms with Crippen LogP contribution in [0.5, 0.6) is 0 Å². The molecule has 4 nitrogen and oxygen atoms in total. The van der Waals surface area contributed by atoms with Crippen LogP contribution in [0.25, 0.3) is 11.0 Å². The van der Waals surface area contributed by atoms with E-state index in [0.717, 1.165) is 10.8 Å². The van der Waals surface area contributed by atoms with E-state index >= 15 is 0 Å². The zero-order valence-electron chi connectivity index (χ0n) is 7.34. The summed E-state index contributed by atoms with van der Waals surface area (Å²) in [6, 6.07) is 7.22. The molecule has 1 aromatic heterocycles. The molecular formula is C9H4N2O2S2. The minimum absolute atomic E-state index is 0.233. The van der Waals surface area contributed by atoms with Gasteiger partial charge in [-0.3, -0.25) is 4.79 Å². The molecular weight excluding hydrogens is 232 g/mol. The molecule has 74 valence electrons. The Kier molecular flexibility index (Phi) is 1.86. The molecule has 0 N–H and O–H groups in total. The highest BCUT2D eigenvalue weighted by Crippen LogP contribution is 2.32. The molecule has 1 aliphatic heterocycles. The average Bonchev–Trinajstić information content (AvgIpc) is 2.52. The zero-order chi connectivity index (χ0) is 10.4. The number of carbonyl (C=O) groups is 1. The van der Waals surface area contributed by atoms with Crippen molar-refractivity contribution in [1.29, 1.82) is 0 Å². The molecule has 2 heterocycles. The largest absolute Gasteiger partial charge is 0.279 e. The number of hydrogen-bond donors (Lipinski definition) is 0. The zero-order valence-corrected chi connectivity index (χ0v) is 8.97. The van der Waals surface area contributed by atoms with Crippen molar-refractivity contribution in [3.8, 4) is 0 Å². The number of carbonyl (C=O) groups excluding carboxylic acids is 1. The Balaban J connectivity index is 2.41. The second kappa shape index (κ2) is 3.11. The van der Waals surface area contributed by atoms with Gasteiger partial charge in [0.15, 0.2) is 10.7 Å². The van der Waals surface area contributed by atoms with E-state index in [1.807, 2.05) is 12.1 Å². The van der Waals surface area contributed by atoms with Crippen molar-refractivity contribution in [1.82, 2.24) is 9.97 Å². The molecule has 0 spiro atoms. The van der Waals surface area contributed by atoms with Crippen LogP contribution in [0.15, 0.2) is 29.3 Å². The van der Waals surface area contributed by atoms with Crippen molar-refractivity contribution < 1.29 is 9.00 Å². The molecule has 0 amide bonds. The molecule has 3 rings (SSSR count). The first-order valence-corrected chi connectivity index (χ1v) is 6.65. The third kappa shape index (κ3) is 1.29. The summed E-state index contributed by atoms with van der Waals surface area (Å²) in [6.45, 7) is 0. The molecule has 1 unspecified atom stereocenters. The lowest BCUT2D eigenvalue weighted by atomic mass is 10.3. The van der Waals surface area contributed by atoms with Gasteiger partial charge in [0.25, 0.3) is 5.12 Å². The number of aromatic nitrogens is 2.